The minimum Gasteiger partial charge on any atom is -0.457 e. The largest absolute Gasteiger partial charge is 0.457 e. The zero-order valence-corrected chi connectivity index (χ0v) is 26.2. The number of alkyl halides is 3. The molecule has 49 heavy (non-hydrogen) atoms. The molecule has 11 heteroatoms. The minimum atomic E-state index is -4.22. The van der Waals surface area contributed by atoms with Crippen molar-refractivity contribution in [2.75, 3.05) is 4.90 Å². The second-order valence-electron chi connectivity index (χ2n) is 11.2. The summed E-state index contributed by atoms with van der Waals surface area (Å²) in [5, 5.41) is 0. The number of imide groups is 1. The lowest BCUT2D eigenvalue weighted by atomic mass is 9.98. The number of carbonyl (C=O) groups is 4. The summed E-state index contributed by atoms with van der Waals surface area (Å²) in [5.41, 5.74) is 2.63. The molecule has 1 aliphatic rings. The molecule has 0 spiro atoms. The van der Waals surface area contributed by atoms with Gasteiger partial charge >= 0.3 is 18.1 Å². The molecule has 0 aliphatic carbocycles. The summed E-state index contributed by atoms with van der Waals surface area (Å²) >= 11 is 0. The summed E-state index contributed by atoms with van der Waals surface area (Å²) < 4.78 is 54.1. The van der Waals surface area contributed by atoms with E-state index in [9.17, 15) is 32.3 Å². The molecule has 1 unspecified atom stereocenters. The Morgan fingerprint density at radius 1 is 0.714 bits per heavy atom. The molecule has 0 bridgehead atoms. The van der Waals surface area contributed by atoms with E-state index in [0.29, 0.717) is 34.1 Å². The molecule has 2 amide bonds. The number of rotatable bonds is 12. The van der Waals surface area contributed by atoms with Gasteiger partial charge in [-0.15, -0.1) is 0 Å². The van der Waals surface area contributed by atoms with Crippen molar-refractivity contribution in [3.05, 3.63) is 138 Å². The van der Waals surface area contributed by atoms with Crippen LogP contribution in [0, 0.1) is 0 Å². The molecular weight excluding hydrogens is 639 g/mol. The van der Waals surface area contributed by atoms with Crippen LogP contribution in [0.3, 0.4) is 0 Å². The number of aryl methyl sites for hydroxylation is 1. The lowest BCUT2D eigenvalue weighted by molar-refractivity contribution is -0.135. The number of carbonyl (C=O) groups excluding carboxylic acids is 4. The van der Waals surface area contributed by atoms with E-state index < -0.39 is 36.4 Å². The number of benzene rings is 4. The first-order valence-corrected chi connectivity index (χ1v) is 15.2. The van der Waals surface area contributed by atoms with Crippen LogP contribution in [0.15, 0.2) is 116 Å². The molecule has 1 atom stereocenters. The SMILES string of the molecule is C=C(Oc1ccc(C(=O)Oc2ccc(C(C)CC(=O)Oc3ccc(N4C(=O)C=CC4=O)cc3)cc2)cc1)c1ccc(CCC(F)(F)F)cc1. The first kappa shape index (κ1) is 34.4. The molecule has 0 fully saturated rings. The van der Waals surface area contributed by atoms with E-state index in [1.807, 2.05) is 6.92 Å². The van der Waals surface area contributed by atoms with Crippen molar-refractivity contribution in [2.45, 2.75) is 38.3 Å². The first-order valence-electron chi connectivity index (χ1n) is 15.2. The average Bonchev–Trinajstić information content (AvgIpc) is 3.41. The van der Waals surface area contributed by atoms with Gasteiger partial charge in [-0.3, -0.25) is 14.4 Å². The highest BCUT2D eigenvalue weighted by Gasteiger charge is 2.27. The summed E-state index contributed by atoms with van der Waals surface area (Å²) in [7, 11) is 0. The van der Waals surface area contributed by atoms with Crippen LogP contribution in [0.25, 0.3) is 5.76 Å². The molecule has 4 aromatic rings. The molecular formula is C38H30F3NO7. The van der Waals surface area contributed by atoms with Crippen LogP contribution in [0.4, 0.5) is 18.9 Å². The quantitative estimate of drug-likeness (QED) is 0.0653. The molecule has 0 N–H and O–H groups in total. The minimum absolute atomic E-state index is 0.0714. The Labute approximate surface area is 280 Å². The van der Waals surface area contributed by atoms with Crippen molar-refractivity contribution in [2.24, 2.45) is 0 Å². The second-order valence-corrected chi connectivity index (χ2v) is 11.2. The van der Waals surface area contributed by atoms with Crippen molar-refractivity contribution in [3.63, 3.8) is 0 Å². The van der Waals surface area contributed by atoms with E-state index in [2.05, 4.69) is 6.58 Å². The molecule has 1 aliphatic heterocycles. The van der Waals surface area contributed by atoms with Gasteiger partial charge in [0.1, 0.15) is 23.0 Å². The van der Waals surface area contributed by atoms with Crippen LogP contribution < -0.4 is 19.1 Å². The van der Waals surface area contributed by atoms with Crippen molar-refractivity contribution in [1.29, 1.82) is 0 Å². The molecule has 0 aromatic heterocycles. The predicted molar refractivity (Wildman–Crippen MR) is 175 cm³/mol. The monoisotopic (exact) mass is 669 g/mol. The van der Waals surface area contributed by atoms with Gasteiger partial charge in [0.15, 0.2) is 0 Å². The van der Waals surface area contributed by atoms with Gasteiger partial charge in [-0.25, -0.2) is 9.69 Å². The Morgan fingerprint density at radius 2 is 1.22 bits per heavy atom. The van der Waals surface area contributed by atoms with E-state index in [0.717, 1.165) is 10.5 Å². The van der Waals surface area contributed by atoms with Crippen molar-refractivity contribution in [3.8, 4) is 17.2 Å². The molecule has 0 radical (unpaired) electrons. The fourth-order valence-electron chi connectivity index (χ4n) is 4.89. The van der Waals surface area contributed by atoms with Gasteiger partial charge in [-0.1, -0.05) is 49.9 Å². The van der Waals surface area contributed by atoms with Gasteiger partial charge in [0, 0.05) is 24.1 Å². The van der Waals surface area contributed by atoms with Crippen LogP contribution in [0.1, 0.15) is 52.7 Å². The Morgan fingerprint density at radius 3 is 1.82 bits per heavy atom. The van der Waals surface area contributed by atoms with Crippen LogP contribution >= 0.6 is 0 Å². The normalized spacial score (nSPS) is 13.3. The highest BCUT2D eigenvalue weighted by atomic mass is 19.4. The Kier molecular flexibility index (Phi) is 10.4. The van der Waals surface area contributed by atoms with E-state index in [1.165, 1.54) is 48.6 Å². The lowest BCUT2D eigenvalue weighted by Gasteiger charge is -2.15. The summed E-state index contributed by atoms with van der Waals surface area (Å²) in [6.45, 7) is 5.74. The molecule has 0 saturated carbocycles. The van der Waals surface area contributed by atoms with Crippen molar-refractivity contribution in [1.82, 2.24) is 0 Å². The Balaban J connectivity index is 1.08. The van der Waals surface area contributed by atoms with Gasteiger partial charge in [0.05, 0.1) is 17.7 Å². The molecule has 0 saturated heterocycles. The number of ether oxygens (including phenoxy) is 3. The van der Waals surface area contributed by atoms with E-state index >= 15 is 0 Å². The standard InChI is InChI=1S/C38H30F3NO7/c1-24(23-36(45)48-32-17-11-30(12-18-32)42-34(43)19-20-35(42)44)27-7-13-33(14-8-27)49-37(46)29-9-15-31(16-10-29)47-25(2)28-5-3-26(4-6-28)21-22-38(39,40)41/h3-20,24H,2,21-23H2,1H3. The topological polar surface area (TPSA) is 99.2 Å². The maximum atomic E-state index is 12.7. The third kappa shape index (κ3) is 9.32. The number of hydrogen-bond donors (Lipinski definition) is 0. The maximum absolute atomic E-state index is 12.7. The highest BCUT2D eigenvalue weighted by molar-refractivity contribution is 6.28. The van der Waals surface area contributed by atoms with Gasteiger partial charge in [0.2, 0.25) is 0 Å². The predicted octanol–water partition coefficient (Wildman–Crippen LogP) is 7.98. The number of halogens is 3. The molecule has 250 valence electrons. The van der Waals surface area contributed by atoms with Crippen LogP contribution in [0.5, 0.6) is 17.2 Å². The fraction of sp³-hybridized carbons (Fsp3) is 0.158. The third-order valence-electron chi connectivity index (χ3n) is 7.57. The van der Waals surface area contributed by atoms with Gasteiger partial charge in [0.25, 0.3) is 11.8 Å². The second kappa shape index (κ2) is 14.8. The number of amides is 2. The van der Waals surface area contributed by atoms with Gasteiger partial charge in [-0.2, -0.15) is 13.2 Å². The average molecular weight is 670 g/mol. The zero-order chi connectivity index (χ0) is 35.1. The van der Waals surface area contributed by atoms with E-state index in [4.69, 9.17) is 14.2 Å². The summed E-state index contributed by atoms with van der Waals surface area (Å²) in [6, 6.07) is 25.5. The first-order chi connectivity index (χ1) is 23.3. The van der Waals surface area contributed by atoms with Gasteiger partial charge in [-0.05, 0) is 84.1 Å². The molecule has 5 rings (SSSR count). The van der Waals surface area contributed by atoms with Crippen molar-refractivity contribution >= 4 is 35.2 Å². The van der Waals surface area contributed by atoms with Crippen LogP contribution in [-0.4, -0.2) is 29.9 Å². The number of hydrogen-bond acceptors (Lipinski definition) is 7. The number of anilines is 1. The third-order valence-corrected chi connectivity index (χ3v) is 7.57. The maximum Gasteiger partial charge on any atom is 0.389 e. The number of esters is 2. The lowest BCUT2D eigenvalue weighted by Crippen LogP contribution is -2.29. The molecule has 4 aromatic carbocycles. The summed E-state index contributed by atoms with van der Waals surface area (Å²) in [5.74, 6) is -0.877. The van der Waals surface area contributed by atoms with E-state index in [1.54, 1.807) is 60.7 Å². The zero-order valence-electron chi connectivity index (χ0n) is 26.2. The Bertz CT molecular complexity index is 1860. The number of nitrogens with zero attached hydrogens (tertiary/aromatic N) is 1. The summed E-state index contributed by atoms with van der Waals surface area (Å²) in [4.78, 5) is 50.0. The smallest absolute Gasteiger partial charge is 0.389 e. The summed E-state index contributed by atoms with van der Waals surface area (Å²) in [6.07, 6.45) is -2.77. The van der Waals surface area contributed by atoms with E-state index in [-0.39, 0.29) is 30.1 Å². The Hall–Kier alpha value is -5.97. The van der Waals surface area contributed by atoms with Crippen LogP contribution in [0.2, 0.25) is 0 Å². The fourth-order valence-corrected chi connectivity index (χ4v) is 4.89. The molecule has 8 nitrogen and oxygen atoms in total. The van der Waals surface area contributed by atoms with Gasteiger partial charge < -0.3 is 14.2 Å². The highest BCUT2D eigenvalue weighted by Crippen LogP contribution is 2.27. The molecule has 1 heterocycles. The van der Waals surface area contributed by atoms with Crippen molar-refractivity contribution < 1.29 is 46.6 Å². The van der Waals surface area contributed by atoms with Crippen LogP contribution in [-0.2, 0) is 20.8 Å².